The molecule has 0 aliphatic heterocycles. The van der Waals surface area contributed by atoms with Crippen molar-refractivity contribution in [3.63, 3.8) is 0 Å². The highest BCUT2D eigenvalue weighted by Crippen LogP contribution is 2.27. The van der Waals surface area contributed by atoms with E-state index in [2.05, 4.69) is 5.92 Å². The van der Waals surface area contributed by atoms with Crippen LogP contribution in [0.5, 0.6) is 5.75 Å². The summed E-state index contributed by atoms with van der Waals surface area (Å²) in [5, 5.41) is 10.6. The average Bonchev–Trinajstić information content (AvgIpc) is 2.25. The third-order valence-corrected chi connectivity index (χ3v) is 1.63. The SMILES string of the molecule is C#CCOc1cc(C=O)ccc1[N+](=O)[O-]. The number of hydrogen-bond donors (Lipinski definition) is 0. The van der Waals surface area contributed by atoms with Gasteiger partial charge < -0.3 is 4.74 Å². The van der Waals surface area contributed by atoms with Crippen molar-refractivity contribution in [1.82, 2.24) is 0 Å². The van der Waals surface area contributed by atoms with Crippen molar-refractivity contribution >= 4 is 12.0 Å². The Morgan fingerprint density at radius 2 is 2.33 bits per heavy atom. The lowest BCUT2D eigenvalue weighted by Gasteiger charge is -2.03. The van der Waals surface area contributed by atoms with Crippen LogP contribution in [0.1, 0.15) is 10.4 Å². The molecule has 0 radical (unpaired) electrons. The van der Waals surface area contributed by atoms with Crippen LogP contribution in [0.2, 0.25) is 0 Å². The fourth-order valence-corrected chi connectivity index (χ4v) is 0.990. The number of carbonyl (C=O) groups excluding carboxylic acids is 1. The summed E-state index contributed by atoms with van der Waals surface area (Å²) in [6.45, 7) is -0.0802. The second-order valence-electron chi connectivity index (χ2n) is 2.59. The van der Waals surface area contributed by atoms with E-state index < -0.39 is 4.92 Å². The first-order valence-electron chi connectivity index (χ1n) is 3.99. The van der Waals surface area contributed by atoms with E-state index in [0.29, 0.717) is 11.8 Å². The van der Waals surface area contributed by atoms with Crippen LogP contribution in [0.15, 0.2) is 18.2 Å². The van der Waals surface area contributed by atoms with Crippen LogP contribution in [-0.4, -0.2) is 17.8 Å². The predicted molar refractivity (Wildman–Crippen MR) is 52.8 cm³/mol. The van der Waals surface area contributed by atoms with Crippen LogP contribution >= 0.6 is 0 Å². The first-order chi connectivity index (χ1) is 7.19. The topological polar surface area (TPSA) is 69.4 Å². The van der Waals surface area contributed by atoms with Gasteiger partial charge in [0.15, 0.2) is 5.75 Å². The van der Waals surface area contributed by atoms with E-state index in [0.717, 1.165) is 0 Å². The lowest BCUT2D eigenvalue weighted by Crippen LogP contribution is -1.99. The molecule has 76 valence electrons. The molecule has 0 atom stereocenters. The molecule has 0 aromatic heterocycles. The summed E-state index contributed by atoms with van der Waals surface area (Å²) in [4.78, 5) is 20.4. The van der Waals surface area contributed by atoms with Gasteiger partial charge >= 0.3 is 5.69 Å². The zero-order valence-corrected chi connectivity index (χ0v) is 7.67. The number of rotatable bonds is 4. The fourth-order valence-electron chi connectivity index (χ4n) is 0.990. The molecule has 0 bridgehead atoms. The normalized spacial score (nSPS) is 9.00. The van der Waals surface area contributed by atoms with Gasteiger partial charge in [-0.3, -0.25) is 14.9 Å². The molecule has 15 heavy (non-hydrogen) atoms. The largest absolute Gasteiger partial charge is 0.474 e. The maximum Gasteiger partial charge on any atom is 0.311 e. The van der Waals surface area contributed by atoms with Crippen molar-refractivity contribution in [2.24, 2.45) is 0 Å². The zero-order chi connectivity index (χ0) is 11.3. The highest BCUT2D eigenvalue weighted by Gasteiger charge is 2.14. The molecule has 0 aliphatic rings. The Morgan fingerprint density at radius 1 is 1.60 bits per heavy atom. The highest BCUT2D eigenvalue weighted by molar-refractivity contribution is 5.76. The second-order valence-corrected chi connectivity index (χ2v) is 2.59. The Morgan fingerprint density at radius 3 is 2.87 bits per heavy atom. The van der Waals surface area contributed by atoms with Crippen molar-refractivity contribution in [3.05, 3.63) is 33.9 Å². The Labute approximate surface area is 85.8 Å². The Hall–Kier alpha value is -2.35. The molecule has 0 saturated carbocycles. The molecule has 1 aromatic rings. The third-order valence-electron chi connectivity index (χ3n) is 1.63. The number of ether oxygens (including phenoxy) is 1. The number of nitro benzene ring substituents is 1. The van der Waals surface area contributed by atoms with Crippen molar-refractivity contribution in [2.45, 2.75) is 0 Å². The van der Waals surface area contributed by atoms with Crippen molar-refractivity contribution < 1.29 is 14.5 Å². The van der Waals surface area contributed by atoms with Crippen LogP contribution in [0, 0.1) is 22.5 Å². The summed E-state index contributed by atoms with van der Waals surface area (Å²) in [7, 11) is 0. The Balaban J connectivity index is 3.11. The van der Waals surface area contributed by atoms with E-state index in [9.17, 15) is 14.9 Å². The smallest absolute Gasteiger partial charge is 0.311 e. The number of terminal acetylenes is 1. The molecule has 0 saturated heterocycles. The molecular formula is C10H7NO4. The number of nitrogens with zero attached hydrogens (tertiary/aromatic N) is 1. The molecule has 0 unspecified atom stereocenters. The van der Waals surface area contributed by atoms with E-state index in [1.807, 2.05) is 0 Å². The number of hydrogen-bond acceptors (Lipinski definition) is 4. The Bertz CT molecular complexity index is 434. The van der Waals surface area contributed by atoms with Crippen LogP contribution in [0.25, 0.3) is 0 Å². The van der Waals surface area contributed by atoms with Gasteiger partial charge in [0, 0.05) is 11.6 Å². The summed E-state index contributed by atoms with van der Waals surface area (Å²) < 4.78 is 4.95. The summed E-state index contributed by atoms with van der Waals surface area (Å²) >= 11 is 0. The summed E-state index contributed by atoms with van der Waals surface area (Å²) in [6.07, 6.45) is 5.53. The minimum absolute atomic E-state index is 0.00236. The van der Waals surface area contributed by atoms with E-state index in [1.165, 1.54) is 18.2 Å². The van der Waals surface area contributed by atoms with Crippen molar-refractivity contribution in [1.29, 1.82) is 0 Å². The molecule has 0 N–H and O–H groups in total. The van der Waals surface area contributed by atoms with Crippen LogP contribution in [0.3, 0.4) is 0 Å². The van der Waals surface area contributed by atoms with Gasteiger partial charge in [0.1, 0.15) is 12.9 Å². The van der Waals surface area contributed by atoms with Crippen LogP contribution in [0.4, 0.5) is 5.69 Å². The lowest BCUT2D eigenvalue weighted by atomic mass is 10.2. The molecule has 0 aliphatic carbocycles. The molecular weight excluding hydrogens is 198 g/mol. The summed E-state index contributed by atoms with van der Waals surface area (Å²) in [5.74, 6) is 2.19. The molecule has 5 heteroatoms. The van der Waals surface area contributed by atoms with Gasteiger partial charge in [-0.15, -0.1) is 6.42 Å². The van der Waals surface area contributed by atoms with E-state index in [1.54, 1.807) is 0 Å². The molecule has 5 nitrogen and oxygen atoms in total. The maximum atomic E-state index is 10.6. The molecule has 0 fully saturated rings. The van der Waals surface area contributed by atoms with Gasteiger partial charge in [-0.05, 0) is 12.1 Å². The van der Waals surface area contributed by atoms with E-state index in [-0.39, 0.29) is 18.0 Å². The maximum absolute atomic E-state index is 10.6. The average molecular weight is 205 g/mol. The fraction of sp³-hybridized carbons (Fsp3) is 0.100. The van der Waals surface area contributed by atoms with Gasteiger partial charge in [0.2, 0.25) is 0 Å². The van der Waals surface area contributed by atoms with Crippen LogP contribution < -0.4 is 4.74 Å². The number of benzene rings is 1. The summed E-state index contributed by atoms with van der Waals surface area (Å²) in [6, 6.07) is 3.83. The van der Waals surface area contributed by atoms with Gasteiger partial charge in [0.25, 0.3) is 0 Å². The van der Waals surface area contributed by atoms with Crippen molar-refractivity contribution in [3.8, 4) is 18.1 Å². The molecule has 1 aromatic carbocycles. The zero-order valence-electron chi connectivity index (χ0n) is 7.67. The van der Waals surface area contributed by atoms with E-state index in [4.69, 9.17) is 11.2 Å². The molecule has 0 heterocycles. The summed E-state index contributed by atoms with van der Waals surface area (Å²) in [5.41, 5.74) is 0.0865. The standard InChI is InChI=1S/C10H7NO4/c1-2-5-15-10-6-8(7-12)3-4-9(10)11(13)14/h1,3-4,6-7H,5H2. The monoisotopic (exact) mass is 205 g/mol. The number of carbonyl (C=O) groups is 1. The van der Waals surface area contributed by atoms with Gasteiger partial charge in [0.05, 0.1) is 4.92 Å². The van der Waals surface area contributed by atoms with Gasteiger partial charge in [-0.2, -0.15) is 0 Å². The first-order valence-corrected chi connectivity index (χ1v) is 3.99. The van der Waals surface area contributed by atoms with Gasteiger partial charge in [-0.1, -0.05) is 5.92 Å². The molecule has 1 rings (SSSR count). The number of nitro groups is 1. The first kappa shape index (κ1) is 10.7. The lowest BCUT2D eigenvalue weighted by molar-refractivity contribution is -0.385. The van der Waals surface area contributed by atoms with Gasteiger partial charge in [-0.25, -0.2) is 0 Å². The second kappa shape index (κ2) is 4.77. The predicted octanol–water partition coefficient (Wildman–Crippen LogP) is 1.42. The molecule has 0 amide bonds. The van der Waals surface area contributed by atoms with Crippen molar-refractivity contribution in [2.75, 3.05) is 6.61 Å². The van der Waals surface area contributed by atoms with E-state index >= 15 is 0 Å². The van der Waals surface area contributed by atoms with Crippen LogP contribution in [-0.2, 0) is 0 Å². The minimum atomic E-state index is -0.597. The number of aldehydes is 1. The quantitative estimate of drug-likeness (QED) is 0.322. The highest BCUT2D eigenvalue weighted by atomic mass is 16.6. The minimum Gasteiger partial charge on any atom is -0.474 e. The third kappa shape index (κ3) is 2.54. The Kier molecular flexibility index (Phi) is 3.41. The molecule has 0 spiro atoms.